The van der Waals surface area contributed by atoms with Crippen molar-refractivity contribution in [3.05, 3.63) is 24.8 Å². The monoisotopic (exact) mass is 298 g/mol. The summed E-state index contributed by atoms with van der Waals surface area (Å²) in [6.45, 7) is 13.3. The molecule has 4 heteroatoms. The maximum absolute atomic E-state index is 10.6. The van der Waals surface area contributed by atoms with Gasteiger partial charge in [-0.3, -0.25) is 0 Å². The van der Waals surface area contributed by atoms with E-state index in [1.807, 2.05) is 0 Å². The molecule has 0 radical (unpaired) electrons. The van der Waals surface area contributed by atoms with E-state index in [0.717, 1.165) is 12.8 Å². The van der Waals surface area contributed by atoms with Crippen LogP contribution in [-0.2, 0) is 19.1 Å². The number of hydrogen-bond acceptors (Lipinski definition) is 4. The van der Waals surface area contributed by atoms with Gasteiger partial charge in [0.05, 0.1) is 13.2 Å². The lowest BCUT2D eigenvalue weighted by Crippen LogP contribution is -2.03. The fourth-order valence-corrected chi connectivity index (χ4v) is 1.37. The molecule has 0 N–H and O–H groups in total. The molecule has 0 amide bonds. The summed E-state index contributed by atoms with van der Waals surface area (Å²) in [6, 6.07) is 0. The number of rotatable bonds is 10. The van der Waals surface area contributed by atoms with Crippen molar-refractivity contribution in [3.63, 3.8) is 0 Å². The van der Waals surface area contributed by atoms with Gasteiger partial charge in [0.2, 0.25) is 0 Å². The van der Waals surface area contributed by atoms with Crippen LogP contribution in [0.2, 0.25) is 0 Å². The highest BCUT2D eigenvalue weighted by Gasteiger charge is 1.98. The van der Waals surface area contributed by atoms with E-state index in [2.05, 4.69) is 24.8 Å². The molecule has 122 valence electrons. The Labute approximate surface area is 129 Å². The first-order valence-corrected chi connectivity index (χ1v) is 7.61. The lowest BCUT2D eigenvalue weighted by atomic mass is 10.1. The zero-order chi connectivity index (χ0) is 16.5. The Balaban J connectivity index is 0. The lowest BCUT2D eigenvalue weighted by molar-refractivity contribution is -0.139. The molecule has 0 rings (SSSR count). The third-order valence-electron chi connectivity index (χ3n) is 2.53. The van der Waals surface area contributed by atoms with E-state index in [-0.39, 0.29) is 11.9 Å². The van der Waals surface area contributed by atoms with Gasteiger partial charge in [-0.15, -0.1) is 0 Å². The summed E-state index contributed by atoms with van der Waals surface area (Å²) in [6.07, 6.45) is 8.47. The van der Waals surface area contributed by atoms with Crippen LogP contribution in [0.5, 0.6) is 0 Å². The normalized spacial score (nSPS) is 9.10. The van der Waals surface area contributed by atoms with Gasteiger partial charge in [-0.2, -0.15) is 0 Å². The topological polar surface area (TPSA) is 52.6 Å². The van der Waals surface area contributed by atoms with Crippen LogP contribution in [0.25, 0.3) is 0 Å². The molecular formula is C17H30O4. The molecule has 0 saturated heterocycles. The Morgan fingerprint density at radius 2 is 1.57 bits per heavy atom. The van der Waals surface area contributed by atoms with Crippen LogP contribution in [0.15, 0.2) is 24.8 Å². The summed E-state index contributed by atoms with van der Waals surface area (Å²) in [5.41, 5.74) is 0.451. The van der Waals surface area contributed by atoms with E-state index in [1.54, 1.807) is 13.8 Å². The van der Waals surface area contributed by atoms with E-state index in [1.165, 1.54) is 31.8 Å². The minimum atomic E-state index is -0.312. The standard InChI is InChI=1S/C11H20O2.C6H10O2/c1-3-5-6-7-8-9-10-13-11(12)4-2;1-4-8-6(7)5(2)3/h4H,2-3,5-10H2,1H3;2,4H2,1,3H3. The second-order valence-electron chi connectivity index (χ2n) is 4.64. The van der Waals surface area contributed by atoms with Crippen molar-refractivity contribution >= 4 is 11.9 Å². The minimum absolute atomic E-state index is 0.312. The number of ether oxygens (including phenoxy) is 2. The number of carbonyl (C=O) groups excluding carboxylic acids is 2. The van der Waals surface area contributed by atoms with Gasteiger partial charge in [0.15, 0.2) is 0 Å². The maximum Gasteiger partial charge on any atom is 0.333 e. The molecule has 0 atom stereocenters. The first kappa shape index (κ1) is 21.7. The van der Waals surface area contributed by atoms with Crippen LogP contribution in [0.3, 0.4) is 0 Å². The van der Waals surface area contributed by atoms with Gasteiger partial charge in [0.1, 0.15) is 0 Å². The summed E-state index contributed by atoms with van der Waals surface area (Å²) in [5.74, 6) is -0.624. The molecule has 0 heterocycles. The van der Waals surface area contributed by atoms with E-state index >= 15 is 0 Å². The highest BCUT2D eigenvalue weighted by molar-refractivity contribution is 5.86. The Morgan fingerprint density at radius 3 is 2.00 bits per heavy atom. The van der Waals surface area contributed by atoms with Crippen LogP contribution in [0.1, 0.15) is 59.3 Å². The predicted octanol–water partition coefficient (Wildman–Crippen LogP) is 4.20. The largest absolute Gasteiger partial charge is 0.463 e. The van der Waals surface area contributed by atoms with Crippen molar-refractivity contribution < 1.29 is 19.1 Å². The molecule has 4 nitrogen and oxygen atoms in total. The molecule has 0 aromatic rings. The van der Waals surface area contributed by atoms with Crippen molar-refractivity contribution in [2.45, 2.75) is 59.3 Å². The van der Waals surface area contributed by atoms with Crippen LogP contribution in [-0.4, -0.2) is 25.2 Å². The second-order valence-corrected chi connectivity index (χ2v) is 4.64. The van der Waals surface area contributed by atoms with Crippen LogP contribution < -0.4 is 0 Å². The smallest absolute Gasteiger partial charge is 0.333 e. The third kappa shape index (κ3) is 18.4. The molecule has 0 aliphatic heterocycles. The van der Waals surface area contributed by atoms with Crippen LogP contribution >= 0.6 is 0 Å². The third-order valence-corrected chi connectivity index (χ3v) is 2.53. The first-order chi connectivity index (χ1) is 9.99. The zero-order valence-electron chi connectivity index (χ0n) is 13.8. The molecule has 0 unspecified atom stereocenters. The second kappa shape index (κ2) is 16.5. The quantitative estimate of drug-likeness (QED) is 0.344. The number of esters is 2. The van der Waals surface area contributed by atoms with E-state index in [0.29, 0.717) is 18.8 Å². The molecule has 0 spiro atoms. The van der Waals surface area contributed by atoms with Crippen molar-refractivity contribution in [1.29, 1.82) is 0 Å². The van der Waals surface area contributed by atoms with E-state index in [9.17, 15) is 9.59 Å². The van der Waals surface area contributed by atoms with Crippen molar-refractivity contribution in [2.75, 3.05) is 13.2 Å². The van der Waals surface area contributed by atoms with E-state index in [4.69, 9.17) is 4.74 Å². The average molecular weight is 298 g/mol. The summed E-state index contributed by atoms with van der Waals surface area (Å²) < 4.78 is 9.41. The molecular weight excluding hydrogens is 268 g/mol. The summed E-state index contributed by atoms with van der Waals surface area (Å²) in [7, 11) is 0. The van der Waals surface area contributed by atoms with Gasteiger partial charge in [-0.25, -0.2) is 9.59 Å². The average Bonchev–Trinajstić information content (AvgIpc) is 2.46. The van der Waals surface area contributed by atoms with Crippen molar-refractivity contribution in [1.82, 2.24) is 0 Å². The van der Waals surface area contributed by atoms with Gasteiger partial charge in [-0.05, 0) is 20.3 Å². The molecule has 0 aliphatic rings. The zero-order valence-corrected chi connectivity index (χ0v) is 13.8. The summed E-state index contributed by atoms with van der Waals surface area (Å²) in [5, 5.41) is 0. The van der Waals surface area contributed by atoms with Gasteiger partial charge in [-0.1, -0.05) is 52.2 Å². The highest BCUT2D eigenvalue weighted by atomic mass is 16.5. The first-order valence-electron chi connectivity index (χ1n) is 7.61. The summed E-state index contributed by atoms with van der Waals surface area (Å²) in [4.78, 5) is 21.0. The Morgan fingerprint density at radius 1 is 1.00 bits per heavy atom. The fraction of sp³-hybridized carbons (Fsp3) is 0.647. The molecule has 0 saturated carbocycles. The van der Waals surface area contributed by atoms with Gasteiger partial charge < -0.3 is 9.47 Å². The predicted molar refractivity (Wildman–Crippen MR) is 86.0 cm³/mol. The Kier molecular flexibility index (Phi) is 17.0. The Bertz CT molecular complexity index is 308. The molecule has 0 bridgehead atoms. The number of carbonyl (C=O) groups is 2. The van der Waals surface area contributed by atoms with Gasteiger partial charge >= 0.3 is 11.9 Å². The molecule has 0 aromatic carbocycles. The van der Waals surface area contributed by atoms with Gasteiger partial charge in [0, 0.05) is 11.6 Å². The molecule has 0 aromatic heterocycles. The molecule has 0 fully saturated rings. The maximum atomic E-state index is 10.6. The number of unbranched alkanes of at least 4 members (excludes halogenated alkanes) is 5. The van der Waals surface area contributed by atoms with Crippen molar-refractivity contribution in [3.8, 4) is 0 Å². The van der Waals surface area contributed by atoms with Crippen molar-refractivity contribution in [2.24, 2.45) is 0 Å². The SMILES string of the molecule is C=C(C)C(=O)OCC.C=CC(=O)OCCCCCCCC. The number of hydrogen-bond donors (Lipinski definition) is 0. The fourth-order valence-electron chi connectivity index (χ4n) is 1.37. The lowest BCUT2D eigenvalue weighted by Gasteiger charge is -2.01. The summed E-state index contributed by atoms with van der Waals surface area (Å²) >= 11 is 0. The molecule has 21 heavy (non-hydrogen) atoms. The minimum Gasteiger partial charge on any atom is -0.463 e. The van der Waals surface area contributed by atoms with Gasteiger partial charge in [0.25, 0.3) is 0 Å². The molecule has 0 aliphatic carbocycles. The Hall–Kier alpha value is -1.58. The highest BCUT2D eigenvalue weighted by Crippen LogP contribution is 2.04. The van der Waals surface area contributed by atoms with E-state index < -0.39 is 0 Å². The van der Waals surface area contributed by atoms with Crippen LogP contribution in [0.4, 0.5) is 0 Å². The van der Waals surface area contributed by atoms with Crippen LogP contribution in [0, 0.1) is 0 Å².